The second-order valence-corrected chi connectivity index (χ2v) is 16.0. The van der Waals surface area contributed by atoms with Gasteiger partial charge >= 0.3 is 0 Å². The standard InChI is InChI=1S/C59H36N4O/c1-3-14-37(15-4-1)40-19-13-20-41(32-40)42-28-31-50-51-35-45(63-53-24-11-9-22-48(53)49-23-10-12-25-54(49)63)36-52(56(51)64-55(50)34-42)59-61-57(39-17-5-2-6-18-39)60-58(62-59)44-29-30-47-43(33-44)27-26-38-16-7-8-21-46(38)47/h1-36H/i2D,5D,6D,17D,18D. The van der Waals surface area contributed by atoms with E-state index in [1.54, 1.807) is 0 Å². The molecule has 10 aromatic carbocycles. The minimum absolute atomic E-state index is 0.0577. The number of furan rings is 1. The first-order chi connectivity index (χ1) is 33.8. The van der Waals surface area contributed by atoms with Crippen molar-refractivity contribution in [3.8, 4) is 62.1 Å². The summed E-state index contributed by atoms with van der Waals surface area (Å²) >= 11 is 0. The van der Waals surface area contributed by atoms with Crippen LogP contribution in [-0.4, -0.2) is 19.5 Å². The van der Waals surface area contributed by atoms with Crippen molar-refractivity contribution in [3.05, 3.63) is 218 Å². The first-order valence-electron chi connectivity index (χ1n) is 23.7. The van der Waals surface area contributed by atoms with Gasteiger partial charge in [-0.2, -0.15) is 0 Å². The van der Waals surface area contributed by atoms with Crippen LogP contribution in [0, 0.1) is 0 Å². The van der Waals surface area contributed by atoms with Gasteiger partial charge in [0.15, 0.2) is 17.5 Å². The highest BCUT2D eigenvalue weighted by molar-refractivity contribution is 6.13. The van der Waals surface area contributed by atoms with Crippen LogP contribution in [0.15, 0.2) is 223 Å². The third-order valence-corrected chi connectivity index (χ3v) is 12.3. The number of rotatable bonds is 6. The molecule has 298 valence electrons. The molecule has 0 bridgehead atoms. The van der Waals surface area contributed by atoms with Crippen molar-refractivity contribution in [2.24, 2.45) is 0 Å². The van der Waals surface area contributed by atoms with Crippen LogP contribution in [0.1, 0.15) is 6.85 Å². The average molecular weight is 822 g/mol. The molecule has 0 N–H and O–H groups in total. The van der Waals surface area contributed by atoms with Crippen molar-refractivity contribution in [1.82, 2.24) is 19.5 Å². The molecule has 5 heteroatoms. The lowest BCUT2D eigenvalue weighted by Crippen LogP contribution is -2.01. The molecule has 0 unspecified atom stereocenters. The van der Waals surface area contributed by atoms with E-state index in [-0.39, 0.29) is 23.0 Å². The predicted molar refractivity (Wildman–Crippen MR) is 264 cm³/mol. The number of para-hydroxylation sites is 2. The quantitative estimate of drug-likeness (QED) is 0.157. The lowest BCUT2D eigenvalue weighted by atomic mass is 9.98. The van der Waals surface area contributed by atoms with E-state index in [9.17, 15) is 0 Å². The van der Waals surface area contributed by atoms with Crippen molar-refractivity contribution in [1.29, 1.82) is 0 Å². The molecule has 3 heterocycles. The summed E-state index contributed by atoms with van der Waals surface area (Å²) in [6, 6.07) is 62.0. The van der Waals surface area contributed by atoms with E-state index < -0.39 is 30.2 Å². The third-order valence-electron chi connectivity index (χ3n) is 12.3. The summed E-state index contributed by atoms with van der Waals surface area (Å²) in [6.07, 6.45) is 0. The van der Waals surface area contributed by atoms with Crippen LogP contribution in [0.2, 0.25) is 0 Å². The highest BCUT2D eigenvalue weighted by Gasteiger charge is 2.22. The fourth-order valence-electron chi connectivity index (χ4n) is 9.30. The van der Waals surface area contributed by atoms with Crippen molar-refractivity contribution < 1.29 is 11.3 Å². The summed E-state index contributed by atoms with van der Waals surface area (Å²) in [5, 5.41) is 8.18. The van der Waals surface area contributed by atoms with E-state index in [1.807, 2.05) is 78.9 Å². The van der Waals surface area contributed by atoms with Crippen LogP contribution in [0.25, 0.3) is 127 Å². The Morgan fingerprint density at radius 1 is 0.375 bits per heavy atom. The molecule has 0 amide bonds. The molecule has 13 rings (SSSR count). The fraction of sp³-hybridized carbons (Fsp3) is 0. The molecule has 0 spiro atoms. The molecule has 0 aliphatic carbocycles. The van der Waals surface area contributed by atoms with E-state index in [1.165, 1.54) is 0 Å². The highest BCUT2D eigenvalue weighted by atomic mass is 16.3. The second-order valence-electron chi connectivity index (χ2n) is 16.0. The van der Waals surface area contributed by atoms with Crippen LogP contribution in [0.4, 0.5) is 0 Å². The van der Waals surface area contributed by atoms with Gasteiger partial charge in [-0.05, 0) is 92.3 Å². The van der Waals surface area contributed by atoms with E-state index in [4.69, 9.17) is 26.2 Å². The molecule has 64 heavy (non-hydrogen) atoms. The van der Waals surface area contributed by atoms with Crippen LogP contribution in [-0.2, 0) is 0 Å². The predicted octanol–water partition coefficient (Wildman–Crippen LogP) is 15.5. The average Bonchev–Trinajstić information content (AvgIpc) is 3.95. The van der Waals surface area contributed by atoms with Gasteiger partial charge in [0, 0.05) is 38.4 Å². The maximum atomic E-state index is 9.05. The topological polar surface area (TPSA) is 56.7 Å². The summed E-state index contributed by atoms with van der Waals surface area (Å²) in [7, 11) is 0. The Labute approximate surface area is 375 Å². The van der Waals surface area contributed by atoms with Crippen LogP contribution >= 0.6 is 0 Å². The lowest BCUT2D eigenvalue weighted by Gasteiger charge is -2.13. The Hall–Kier alpha value is -8.67. The largest absolute Gasteiger partial charge is 0.455 e. The first-order valence-corrected chi connectivity index (χ1v) is 21.2. The molecule has 0 saturated heterocycles. The maximum absolute atomic E-state index is 9.05. The van der Waals surface area contributed by atoms with Crippen molar-refractivity contribution in [2.75, 3.05) is 0 Å². The Balaban J connectivity index is 1.09. The molecule has 0 saturated carbocycles. The minimum atomic E-state index is -0.501. The molecule has 5 nitrogen and oxygen atoms in total. The van der Waals surface area contributed by atoms with Crippen LogP contribution in [0.3, 0.4) is 0 Å². The molecular formula is C59H36N4O. The van der Waals surface area contributed by atoms with Crippen molar-refractivity contribution >= 4 is 65.3 Å². The van der Waals surface area contributed by atoms with Gasteiger partial charge in [-0.1, -0.05) is 170 Å². The zero-order chi connectivity index (χ0) is 46.5. The smallest absolute Gasteiger partial charge is 0.167 e. The minimum Gasteiger partial charge on any atom is -0.455 e. The number of fused-ring (bicyclic) bond motifs is 9. The number of hydrogen-bond acceptors (Lipinski definition) is 4. The Bertz CT molecular complexity index is 4200. The second kappa shape index (κ2) is 14.5. The van der Waals surface area contributed by atoms with E-state index in [0.717, 1.165) is 82.1 Å². The van der Waals surface area contributed by atoms with Gasteiger partial charge in [0.05, 0.1) is 23.5 Å². The summed E-state index contributed by atoms with van der Waals surface area (Å²) in [4.78, 5) is 15.2. The lowest BCUT2D eigenvalue weighted by molar-refractivity contribution is 0.669. The molecular weight excluding hydrogens is 781 g/mol. The normalized spacial score (nSPS) is 12.8. The summed E-state index contributed by atoms with van der Waals surface area (Å²) in [6.45, 7) is 0. The summed E-state index contributed by atoms with van der Waals surface area (Å²) in [5.41, 5.74) is 9.38. The molecule has 0 fully saturated rings. The van der Waals surface area contributed by atoms with E-state index in [0.29, 0.717) is 22.3 Å². The van der Waals surface area contributed by atoms with Crippen molar-refractivity contribution in [2.45, 2.75) is 0 Å². The molecule has 0 atom stereocenters. The zero-order valence-electron chi connectivity index (χ0n) is 39.1. The molecule has 3 aromatic heterocycles. The fourth-order valence-corrected chi connectivity index (χ4v) is 9.30. The van der Waals surface area contributed by atoms with Gasteiger partial charge in [0.2, 0.25) is 0 Å². The van der Waals surface area contributed by atoms with Crippen LogP contribution < -0.4 is 0 Å². The Morgan fingerprint density at radius 2 is 0.969 bits per heavy atom. The van der Waals surface area contributed by atoms with Crippen LogP contribution in [0.5, 0.6) is 0 Å². The number of nitrogens with zero attached hydrogens (tertiary/aromatic N) is 4. The summed E-state index contributed by atoms with van der Waals surface area (Å²) < 4.78 is 53.0. The van der Waals surface area contributed by atoms with Gasteiger partial charge in [-0.3, -0.25) is 0 Å². The zero-order valence-corrected chi connectivity index (χ0v) is 34.1. The third kappa shape index (κ3) is 5.90. The van der Waals surface area contributed by atoms with Crippen molar-refractivity contribution in [3.63, 3.8) is 0 Å². The van der Waals surface area contributed by atoms with Gasteiger partial charge < -0.3 is 8.98 Å². The van der Waals surface area contributed by atoms with Gasteiger partial charge in [0.1, 0.15) is 11.2 Å². The molecule has 0 aliphatic rings. The molecule has 13 aromatic rings. The SMILES string of the molecule is [2H]c1c([2H])c([2H])c(-c2nc(-c3ccc4c(ccc5ccccc54)c3)nc(-c3cc(-n4c5ccccc5c5ccccc54)cc4c3oc3cc(-c5cccc(-c6ccccc6)c5)ccc34)n2)c([2H])c1[2H]. The van der Waals surface area contributed by atoms with Gasteiger partial charge in [-0.25, -0.2) is 15.0 Å². The van der Waals surface area contributed by atoms with Gasteiger partial charge in [0.25, 0.3) is 0 Å². The first kappa shape index (κ1) is 31.2. The van der Waals surface area contributed by atoms with E-state index in [2.05, 4.69) is 114 Å². The number of benzene rings is 10. The number of hydrogen-bond donors (Lipinski definition) is 0. The maximum Gasteiger partial charge on any atom is 0.167 e. The molecule has 0 radical (unpaired) electrons. The monoisotopic (exact) mass is 821 g/mol. The highest BCUT2D eigenvalue weighted by Crippen LogP contribution is 2.42. The Morgan fingerprint density at radius 3 is 1.77 bits per heavy atom. The summed E-state index contributed by atoms with van der Waals surface area (Å²) in [5.74, 6) is 0.421. The Kier molecular flexibility index (Phi) is 7.06. The molecule has 0 aliphatic heterocycles. The number of aromatic nitrogens is 4. The van der Waals surface area contributed by atoms with E-state index >= 15 is 0 Å². The van der Waals surface area contributed by atoms with Gasteiger partial charge in [-0.15, -0.1) is 0 Å².